The standard InChI is InChI=1S/C12H17N5/c1-8-6-15-17-11(13)5-10(16-12(8)17)9-3-2-4-14-7-9/h5-6,9,14H,2-4,7,13H2,1H3. The smallest absolute Gasteiger partial charge is 0.160 e. The fourth-order valence-electron chi connectivity index (χ4n) is 2.43. The molecule has 0 saturated carbocycles. The number of anilines is 1. The quantitative estimate of drug-likeness (QED) is 0.771. The van der Waals surface area contributed by atoms with Crippen LogP contribution in [-0.4, -0.2) is 27.7 Å². The third kappa shape index (κ3) is 1.76. The molecule has 0 aliphatic carbocycles. The Bertz CT molecular complexity index is 539. The van der Waals surface area contributed by atoms with E-state index in [4.69, 9.17) is 10.7 Å². The summed E-state index contributed by atoms with van der Waals surface area (Å²) in [5.74, 6) is 1.15. The Kier molecular flexibility index (Phi) is 2.48. The van der Waals surface area contributed by atoms with E-state index < -0.39 is 0 Å². The van der Waals surface area contributed by atoms with E-state index in [0.29, 0.717) is 11.7 Å². The van der Waals surface area contributed by atoms with Gasteiger partial charge in [0.15, 0.2) is 5.65 Å². The molecule has 1 aliphatic rings. The summed E-state index contributed by atoms with van der Waals surface area (Å²) in [7, 11) is 0. The molecular formula is C12H17N5. The molecule has 3 heterocycles. The number of aryl methyl sites for hydroxylation is 1. The molecule has 0 bridgehead atoms. The number of nitrogens with one attached hydrogen (secondary N) is 1. The first kappa shape index (κ1) is 10.5. The van der Waals surface area contributed by atoms with Crippen LogP contribution in [0.4, 0.5) is 5.82 Å². The Hall–Kier alpha value is -1.62. The van der Waals surface area contributed by atoms with Gasteiger partial charge in [0.2, 0.25) is 0 Å². The summed E-state index contributed by atoms with van der Waals surface area (Å²) in [4.78, 5) is 4.70. The van der Waals surface area contributed by atoms with Crippen molar-refractivity contribution in [2.24, 2.45) is 0 Å². The van der Waals surface area contributed by atoms with Crippen molar-refractivity contribution in [3.05, 3.63) is 23.5 Å². The lowest BCUT2D eigenvalue weighted by molar-refractivity contribution is 0.455. The highest BCUT2D eigenvalue weighted by atomic mass is 15.3. The van der Waals surface area contributed by atoms with Gasteiger partial charge in [-0.1, -0.05) is 0 Å². The van der Waals surface area contributed by atoms with Crippen molar-refractivity contribution >= 4 is 11.5 Å². The molecule has 2 aromatic rings. The second kappa shape index (κ2) is 4.00. The molecule has 0 aromatic carbocycles. The molecule has 3 N–H and O–H groups in total. The van der Waals surface area contributed by atoms with Gasteiger partial charge in [-0.05, 0) is 26.3 Å². The minimum absolute atomic E-state index is 0.477. The SMILES string of the molecule is Cc1cnn2c(N)cc(C3CCCNC3)nc12. The van der Waals surface area contributed by atoms with Crippen molar-refractivity contribution in [1.29, 1.82) is 0 Å². The molecule has 5 heteroatoms. The van der Waals surface area contributed by atoms with Gasteiger partial charge in [-0.25, -0.2) is 4.98 Å². The predicted octanol–water partition coefficient (Wildman–Crippen LogP) is 1.09. The zero-order valence-corrected chi connectivity index (χ0v) is 9.98. The van der Waals surface area contributed by atoms with Gasteiger partial charge < -0.3 is 11.1 Å². The van der Waals surface area contributed by atoms with Crippen LogP contribution in [0, 0.1) is 6.92 Å². The van der Waals surface area contributed by atoms with Crippen LogP contribution >= 0.6 is 0 Å². The minimum Gasteiger partial charge on any atom is -0.384 e. The van der Waals surface area contributed by atoms with Crippen LogP contribution in [0.25, 0.3) is 5.65 Å². The van der Waals surface area contributed by atoms with Gasteiger partial charge in [-0.2, -0.15) is 9.61 Å². The number of hydrogen-bond donors (Lipinski definition) is 2. The highest BCUT2D eigenvalue weighted by Crippen LogP contribution is 2.24. The van der Waals surface area contributed by atoms with Crippen molar-refractivity contribution < 1.29 is 0 Å². The lowest BCUT2D eigenvalue weighted by atomic mass is 9.96. The van der Waals surface area contributed by atoms with Crippen molar-refractivity contribution in [1.82, 2.24) is 19.9 Å². The predicted molar refractivity (Wildman–Crippen MR) is 67.0 cm³/mol. The number of rotatable bonds is 1. The van der Waals surface area contributed by atoms with E-state index in [1.165, 1.54) is 12.8 Å². The Morgan fingerprint density at radius 2 is 2.41 bits per heavy atom. The number of fused-ring (bicyclic) bond motifs is 1. The maximum atomic E-state index is 6.02. The average molecular weight is 231 g/mol. The van der Waals surface area contributed by atoms with Gasteiger partial charge in [0, 0.05) is 24.1 Å². The second-order valence-electron chi connectivity index (χ2n) is 4.71. The lowest BCUT2D eigenvalue weighted by Gasteiger charge is -2.22. The fraction of sp³-hybridized carbons (Fsp3) is 0.500. The molecule has 5 nitrogen and oxygen atoms in total. The second-order valence-corrected chi connectivity index (χ2v) is 4.71. The number of nitrogens with zero attached hydrogens (tertiary/aromatic N) is 3. The van der Waals surface area contributed by atoms with Crippen LogP contribution in [0.15, 0.2) is 12.3 Å². The normalized spacial score (nSPS) is 20.9. The maximum absolute atomic E-state index is 6.02. The first-order valence-electron chi connectivity index (χ1n) is 6.07. The van der Waals surface area contributed by atoms with Crippen molar-refractivity contribution in [3.63, 3.8) is 0 Å². The van der Waals surface area contributed by atoms with E-state index >= 15 is 0 Å². The third-order valence-corrected chi connectivity index (χ3v) is 3.41. The molecule has 0 amide bonds. The van der Waals surface area contributed by atoms with E-state index in [9.17, 15) is 0 Å². The Balaban J connectivity index is 2.07. The average Bonchev–Trinajstić information content (AvgIpc) is 2.73. The Morgan fingerprint density at radius 1 is 1.53 bits per heavy atom. The molecule has 1 fully saturated rings. The van der Waals surface area contributed by atoms with Gasteiger partial charge >= 0.3 is 0 Å². The summed E-state index contributed by atoms with van der Waals surface area (Å²) < 4.78 is 1.70. The first-order chi connectivity index (χ1) is 8.25. The Morgan fingerprint density at radius 3 is 3.18 bits per heavy atom. The third-order valence-electron chi connectivity index (χ3n) is 3.41. The molecule has 90 valence electrons. The number of hydrogen-bond acceptors (Lipinski definition) is 4. The summed E-state index contributed by atoms with van der Waals surface area (Å²) >= 11 is 0. The topological polar surface area (TPSA) is 68.2 Å². The molecular weight excluding hydrogens is 214 g/mol. The zero-order valence-electron chi connectivity index (χ0n) is 9.98. The van der Waals surface area contributed by atoms with Gasteiger partial charge in [-0.15, -0.1) is 0 Å². The molecule has 0 spiro atoms. The fourth-order valence-corrected chi connectivity index (χ4v) is 2.43. The van der Waals surface area contributed by atoms with E-state index in [2.05, 4.69) is 10.4 Å². The Labute approximate surface area is 100 Å². The summed E-state index contributed by atoms with van der Waals surface area (Å²) in [5, 5.41) is 7.62. The van der Waals surface area contributed by atoms with E-state index in [-0.39, 0.29) is 0 Å². The van der Waals surface area contributed by atoms with Crippen molar-refractivity contribution in [2.45, 2.75) is 25.7 Å². The summed E-state index contributed by atoms with van der Waals surface area (Å²) in [6, 6.07) is 1.96. The van der Waals surface area contributed by atoms with Gasteiger partial charge in [-0.3, -0.25) is 0 Å². The van der Waals surface area contributed by atoms with Crippen LogP contribution < -0.4 is 11.1 Å². The number of nitrogens with two attached hydrogens (primary N) is 1. The molecule has 3 rings (SSSR count). The summed E-state index contributed by atoms with van der Waals surface area (Å²) in [6.45, 7) is 4.12. The summed E-state index contributed by atoms with van der Waals surface area (Å²) in [6.07, 6.45) is 4.19. The number of nitrogen functional groups attached to an aromatic ring is 1. The molecule has 2 aromatic heterocycles. The minimum atomic E-state index is 0.477. The molecule has 0 radical (unpaired) electrons. The molecule has 17 heavy (non-hydrogen) atoms. The molecule has 1 saturated heterocycles. The molecule has 1 unspecified atom stereocenters. The van der Waals surface area contributed by atoms with E-state index in [0.717, 1.165) is 30.0 Å². The zero-order chi connectivity index (χ0) is 11.8. The van der Waals surface area contributed by atoms with Crippen LogP contribution in [0.2, 0.25) is 0 Å². The molecule has 1 aliphatic heterocycles. The van der Waals surface area contributed by atoms with Crippen LogP contribution in [0.3, 0.4) is 0 Å². The molecule has 1 atom stereocenters. The van der Waals surface area contributed by atoms with E-state index in [1.54, 1.807) is 4.52 Å². The lowest BCUT2D eigenvalue weighted by Crippen LogP contribution is -2.29. The first-order valence-corrected chi connectivity index (χ1v) is 6.07. The van der Waals surface area contributed by atoms with Crippen molar-refractivity contribution in [3.8, 4) is 0 Å². The van der Waals surface area contributed by atoms with Crippen LogP contribution in [0.5, 0.6) is 0 Å². The van der Waals surface area contributed by atoms with Crippen LogP contribution in [0.1, 0.15) is 30.0 Å². The van der Waals surface area contributed by atoms with Crippen molar-refractivity contribution in [2.75, 3.05) is 18.8 Å². The number of piperidine rings is 1. The number of aromatic nitrogens is 3. The monoisotopic (exact) mass is 231 g/mol. The van der Waals surface area contributed by atoms with E-state index in [1.807, 2.05) is 19.2 Å². The maximum Gasteiger partial charge on any atom is 0.160 e. The van der Waals surface area contributed by atoms with Gasteiger partial charge in [0.05, 0.1) is 11.9 Å². The van der Waals surface area contributed by atoms with Gasteiger partial charge in [0.25, 0.3) is 0 Å². The summed E-state index contributed by atoms with van der Waals surface area (Å²) in [5.41, 5.74) is 9.06. The van der Waals surface area contributed by atoms with Crippen LogP contribution in [-0.2, 0) is 0 Å². The largest absolute Gasteiger partial charge is 0.384 e. The highest BCUT2D eigenvalue weighted by molar-refractivity contribution is 5.52. The highest BCUT2D eigenvalue weighted by Gasteiger charge is 2.18. The van der Waals surface area contributed by atoms with Gasteiger partial charge in [0.1, 0.15) is 5.82 Å².